The maximum Gasteiger partial charge on any atom is 0.256 e. The Hall–Kier alpha value is -3.52. The lowest BCUT2D eigenvalue weighted by Crippen LogP contribution is -2.57. The van der Waals surface area contributed by atoms with E-state index in [0.29, 0.717) is 17.7 Å². The van der Waals surface area contributed by atoms with Crippen molar-refractivity contribution in [2.24, 2.45) is 0 Å². The summed E-state index contributed by atoms with van der Waals surface area (Å²) in [4.78, 5) is 41.8. The summed E-state index contributed by atoms with van der Waals surface area (Å²) in [7, 11) is 0. The van der Waals surface area contributed by atoms with Gasteiger partial charge in [-0.2, -0.15) is 0 Å². The van der Waals surface area contributed by atoms with Crippen LogP contribution in [0.3, 0.4) is 0 Å². The van der Waals surface area contributed by atoms with Crippen LogP contribution in [-0.4, -0.2) is 39.5 Å². The number of carbonyl (C=O) groups excluding carboxylic acids is 3. The molecule has 3 amide bonds. The van der Waals surface area contributed by atoms with E-state index < -0.39 is 16.8 Å². The Balaban J connectivity index is 1.37. The first kappa shape index (κ1) is 23.2. The number of nitrogens with zero attached hydrogens (tertiary/aromatic N) is 1. The van der Waals surface area contributed by atoms with Gasteiger partial charge in [0.05, 0.1) is 12.8 Å². The average Bonchev–Trinajstić information content (AvgIpc) is 3.53. The molecule has 1 aromatic heterocycles. The smallest absolute Gasteiger partial charge is 0.256 e. The summed E-state index contributed by atoms with van der Waals surface area (Å²) in [5.41, 5.74) is 2.49. The second-order valence-corrected chi connectivity index (χ2v) is 11.1. The molecule has 35 heavy (non-hydrogen) atoms. The van der Waals surface area contributed by atoms with Gasteiger partial charge in [-0.1, -0.05) is 48.5 Å². The first-order valence-electron chi connectivity index (χ1n) is 11.6. The normalized spacial score (nSPS) is 20.7. The number of fused-ring (bicyclic) bond motifs is 3. The van der Waals surface area contributed by atoms with Crippen LogP contribution < -0.4 is 10.6 Å². The van der Waals surface area contributed by atoms with Gasteiger partial charge in [0.25, 0.3) is 5.91 Å². The van der Waals surface area contributed by atoms with Gasteiger partial charge in [-0.25, -0.2) is 0 Å². The summed E-state index contributed by atoms with van der Waals surface area (Å²) in [6, 6.07) is 19.1. The van der Waals surface area contributed by atoms with Crippen LogP contribution in [0.4, 0.5) is 0 Å². The van der Waals surface area contributed by atoms with Gasteiger partial charge in [0.1, 0.15) is 23.2 Å². The molecule has 7 nitrogen and oxygen atoms in total. The zero-order chi connectivity index (χ0) is 24.6. The fraction of sp³-hybridized carbons (Fsp3) is 0.296. The van der Waals surface area contributed by atoms with E-state index in [-0.39, 0.29) is 29.6 Å². The maximum absolute atomic E-state index is 13.7. The molecule has 0 unspecified atom stereocenters. The van der Waals surface area contributed by atoms with Gasteiger partial charge >= 0.3 is 0 Å². The Bertz CT molecular complexity index is 1240. The first-order valence-corrected chi connectivity index (χ1v) is 12.5. The van der Waals surface area contributed by atoms with Crippen molar-refractivity contribution in [2.45, 2.75) is 49.0 Å². The molecule has 180 valence electrons. The van der Waals surface area contributed by atoms with Crippen LogP contribution in [0.25, 0.3) is 0 Å². The summed E-state index contributed by atoms with van der Waals surface area (Å²) < 4.78 is 4.78. The van der Waals surface area contributed by atoms with E-state index in [9.17, 15) is 14.4 Å². The molecular formula is C27H27N3O4S. The van der Waals surface area contributed by atoms with E-state index in [4.69, 9.17) is 4.42 Å². The van der Waals surface area contributed by atoms with Crippen molar-refractivity contribution in [1.82, 2.24) is 15.5 Å². The number of amides is 3. The Morgan fingerprint density at radius 3 is 2.54 bits per heavy atom. The summed E-state index contributed by atoms with van der Waals surface area (Å²) in [5.74, 6) is -0.166. The van der Waals surface area contributed by atoms with Crippen LogP contribution in [0.15, 0.2) is 77.4 Å². The Labute approximate surface area is 208 Å². The topological polar surface area (TPSA) is 91.7 Å². The third-order valence-corrected chi connectivity index (χ3v) is 8.01. The van der Waals surface area contributed by atoms with Gasteiger partial charge in [-0.15, -0.1) is 11.8 Å². The lowest BCUT2D eigenvalue weighted by Gasteiger charge is -2.31. The van der Waals surface area contributed by atoms with Crippen LogP contribution in [-0.2, 0) is 22.6 Å². The molecule has 1 fully saturated rings. The van der Waals surface area contributed by atoms with Gasteiger partial charge in [0.2, 0.25) is 11.8 Å². The highest BCUT2D eigenvalue weighted by Crippen LogP contribution is 2.56. The van der Waals surface area contributed by atoms with Crippen LogP contribution in [0.5, 0.6) is 0 Å². The van der Waals surface area contributed by atoms with E-state index in [0.717, 1.165) is 11.1 Å². The molecule has 1 saturated heterocycles. The lowest BCUT2D eigenvalue weighted by molar-refractivity contribution is -0.131. The standard InChI is InChI=1S/C27H27N3O4S/c1-27(2)22(30-25(33)19-12-6-7-13-20(19)26(30)35-27)24(32)29-21(15-17-9-4-3-5-10-17)23(31)28-16-18-11-8-14-34-18/h3-14,21-22,26H,15-16H2,1-2H3,(H,28,31)(H,29,32)/t21-,22+,26-/m0/s1. The third kappa shape index (κ3) is 4.46. The van der Waals surface area contributed by atoms with E-state index in [2.05, 4.69) is 10.6 Å². The van der Waals surface area contributed by atoms with Crippen molar-refractivity contribution < 1.29 is 18.8 Å². The lowest BCUT2D eigenvalue weighted by atomic mass is 9.99. The van der Waals surface area contributed by atoms with Crippen LogP contribution in [0.2, 0.25) is 0 Å². The van der Waals surface area contributed by atoms with Crippen LogP contribution in [0.1, 0.15) is 46.5 Å². The highest BCUT2D eigenvalue weighted by Gasteiger charge is 2.57. The molecule has 3 atom stereocenters. The van der Waals surface area contributed by atoms with Crippen molar-refractivity contribution in [3.8, 4) is 0 Å². The largest absolute Gasteiger partial charge is 0.467 e. The third-order valence-electron chi connectivity index (χ3n) is 6.48. The van der Waals surface area contributed by atoms with E-state index in [1.54, 1.807) is 41.1 Å². The number of nitrogens with one attached hydrogen (secondary N) is 2. The SMILES string of the molecule is CC1(C)S[C@H]2c3ccccc3C(=O)N2[C@@H]1C(=O)N[C@@H](Cc1ccccc1)C(=O)NCc1ccco1. The zero-order valence-electron chi connectivity index (χ0n) is 19.6. The zero-order valence-corrected chi connectivity index (χ0v) is 20.4. The van der Waals surface area contributed by atoms with Crippen LogP contribution in [0, 0.1) is 0 Å². The number of rotatable bonds is 7. The van der Waals surface area contributed by atoms with Gasteiger partial charge in [0, 0.05) is 16.7 Å². The van der Waals surface area contributed by atoms with Crippen molar-refractivity contribution in [2.75, 3.05) is 0 Å². The molecule has 5 rings (SSSR count). The minimum absolute atomic E-state index is 0.147. The number of hydrogen-bond donors (Lipinski definition) is 2. The molecule has 3 heterocycles. The van der Waals surface area contributed by atoms with Crippen molar-refractivity contribution in [3.05, 3.63) is 95.4 Å². The quantitative estimate of drug-likeness (QED) is 0.528. The monoisotopic (exact) mass is 489 g/mol. The summed E-state index contributed by atoms with van der Waals surface area (Å²) in [6.45, 7) is 4.17. The summed E-state index contributed by atoms with van der Waals surface area (Å²) >= 11 is 1.60. The molecule has 0 saturated carbocycles. The molecule has 2 aliphatic heterocycles. The average molecular weight is 490 g/mol. The number of carbonyl (C=O) groups is 3. The Morgan fingerprint density at radius 1 is 1.06 bits per heavy atom. The highest BCUT2D eigenvalue weighted by molar-refractivity contribution is 8.01. The molecule has 0 aliphatic carbocycles. The molecule has 0 bridgehead atoms. The minimum Gasteiger partial charge on any atom is -0.467 e. The summed E-state index contributed by atoms with van der Waals surface area (Å²) in [6.07, 6.45) is 1.88. The fourth-order valence-electron chi connectivity index (χ4n) is 4.82. The van der Waals surface area contributed by atoms with Crippen molar-refractivity contribution in [1.29, 1.82) is 0 Å². The molecule has 8 heteroatoms. The van der Waals surface area contributed by atoms with Gasteiger partial charge in [-0.05, 0) is 43.2 Å². The van der Waals surface area contributed by atoms with Crippen molar-refractivity contribution >= 4 is 29.5 Å². The predicted octanol–water partition coefficient (Wildman–Crippen LogP) is 3.67. The summed E-state index contributed by atoms with van der Waals surface area (Å²) in [5, 5.41) is 5.60. The number of benzene rings is 2. The van der Waals surface area contributed by atoms with Gasteiger partial charge in [-0.3, -0.25) is 14.4 Å². The van der Waals surface area contributed by atoms with Gasteiger partial charge < -0.3 is 20.0 Å². The highest BCUT2D eigenvalue weighted by atomic mass is 32.2. The molecule has 2 N–H and O–H groups in total. The molecule has 2 aromatic carbocycles. The molecule has 2 aliphatic rings. The predicted molar refractivity (Wildman–Crippen MR) is 133 cm³/mol. The Morgan fingerprint density at radius 2 is 1.80 bits per heavy atom. The van der Waals surface area contributed by atoms with Crippen LogP contribution >= 0.6 is 11.8 Å². The minimum atomic E-state index is -0.806. The molecule has 3 aromatic rings. The number of thioether (sulfide) groups is 1. The maximum atomic E-state index is 13.7. The fourth-order valence-corrected chi connectivity index (χ4v) is 6.41. The number of hydrogen-bond acceptors (Lipinski definition) is 5. The second-order valence-electron chi connectivity index (χ2n) is 9.32. The Kier molecular flexibility index (Phi) is 6.15. The van der Waals surface area contributed by atoms with E-state index in [1.165, 1.54) is 0 Å². The number of furan rings is 1. The van der Waals surface area contributed by atoms with E-state index in [1.807, 2.05) is 62.4 Å². The van der Waals surface area contributed by atoms with Gasteiger partial charge in [0.15, 0.2) is 0 Å². The van der Waals surface area contributed by atoms with Crippen molar-refractivity contribution in [3.63, 3.8) is 0 Å². The molecule has 0 spiro atoms. The first-order chi connectivity index (χ1) is 16.8. The second kappa shape index (κ2) is 9.26. The molecular weight excluding hydrogens is 462 g/mol. The molecule has 0 radical (unpaired) electrons. The van der Waals surface area contributed by atoms with E-state index >= 15 is 0 Å².